The van der Waals surface area contributed by atoms with Gasteiger partial charge >= 0.3 is 6.09 Å². The third-order valence-corrected chi connectivity index (χ3v) is 6.37. The topological polar surface area (TPSA) is 93.7 Å². The number of amides is 1. The number of sulfonamides is 1. The predicted octanol–water partition coefficient (Wildman–Crippen LogP) is 2.06. The van der Waals surface area contributed by atoms with E-state index in [1.165, 1.54) is 31.4 Å². The van der Waals surface area contributed by atoms with E-state index in [1.54, 1.807) is 11.8 Å². The summed E-state index contributed by atoms with van der Waals surface area (Å²) in [4.78, 5) is 11.3. The fourth-order valence-electron chi connectivity index (χ4n) is 2.21. The maximum Gasteiger partial charge on any atom is 0.411 e. The second kappa shape index (κ2) is 9.26. The normalized spacial score (nSPS) is 15.9. The summed E-state index contributed by atoms with van der Waals surface area (Å²) in [6, 6.07) is 5.92. The molecule has 0 aromatic heterocycles. The van der Waals surface area contributed by atoms with Gasteiger partial charge in [-0.2, -0.15) is 11.8 Å². The van der Waals surface area contributed by atoms with E-state index < -0.39 is 16.1 Å². The van der Waals surface area contributed by atoms with Crippen LogP contribution in [0.3, 0.4) is 0 Å². The van der Waals surface area contributed by atoms with Crippen molar-refractivity contribution in [1.29, 1.82) is 0 Å². The molecule has 9 heteroatoms. The van der Waals surface area contributed by atoms with Gasteiger partial charge in [0.05, 0.1) is 12.0 Å². The Kier molecular flexibility index (Phi) is 7.35. The molecule has 1 amide bonds. The molecule has 1 fully saturated rings. The van der Waals surface area contributed by atoms with Gasteiger partial charge in [-0.05, 0) is 37.1 Å². The summed E-state index contributed by atoms with van der Waals surface area (Å²) < 4.78 is 36.8. The van der Waals surface area contributed by atoms with Crippen LogP contribution in [-0.4, -0.2) is 52.4 Å². The van der Waals surface area contributed by atoms with Gasteiger partial charge in [0, 0.05) is 36.4 Å². The standard InChI is InChI=1S/C15H22N2O5S2/c1-21-15(18)17-12-2-4-14(5-3-12)24(19,20)16-8-11-23-13-6-9-22-10-7-13/h2-5,13,16H,6-11H2,1H3,(H,17,18). The molecule has 1 heterocycles. The number of anilines is 1. The first-order chi connectivity index (χ1) is 11.5. The van der Waals surface area contributed by atoms with E-state index in [0.29, 0.717) is 17.5 Å². The molecule has 2 rings (SSSR count). The van der Waals surface area contributed by atoms with Gasteiger partial charge in [0.15, 0.2) is 0 Å². The monoisotopic (exact) mass is 374 g/mol. The predicted molar refractivity (Wildman–Crippen MR) is 94.0 cm³/mol. The fraction of sp³-hybridized carbons (Fsp3) is 0.533. The summed E-state index contributed by atoms with van der Waals surface area (Å²) in [5, 5.41) is 3.02. The van der Waals surface area contributed by atoms with E-state index in [0.717, 1.165) is 31.8 Å². The summed E-state index contributed by atoms with van der Waals surface area (Å²) in [5.41, 5.74) is 0.468. The van der Waals surface area contributed by atoms with Crippen LogP contribution in [0.15, 0.2) is 29.2 Å². The number of hydrogen-bond donors (Lipinski definition) is 2. The first-order valence-electron chi connectivity index (χ1n) is 7.65. The minimum Gasteiger partial charge on any atom is -0.453 e. The first-order valence-corrected chi connectivity index (χ1v) is 10.2. The second-order valence-electron chi connectivity index (χ2n) is 5.22. The number of benzene rings is 1. The molecule has 0 radical (unpaired) electrons. The molecule has 0 aliphatic carbocycles. The Balaban J connectivity index is 1.80. The van der Waals surface area contributed by atoms with Crippen molar-refractivity contribution >= 4 is 33.6 Å². The number of carbonyl (C=O) groups excluding carboxylic acids is 1. The van der Waals surface area contributed by atoms with Crippen LogP contribution < -0.4 is 10.0 Å². The largest absolute Gasteiger partial charge is 0.453 e. The van der Waals surface area contributed by atoms with Crippen molar-refractivity contribution in [1.82, 2.24) is 4.72 Å². The quantitative estimate of drug-likeness (QED) is 0.710. The Morgan fingerprint density at radius 1 is 1.29 bits per heavy atom. The smallest absolute Gasteiger partial charge is 0.411 e. The van der Waals surface area contributed by atoms with Crippen molar-refractivity contribution in [2.75, 3.05) is 37.9 Å². The van der Waals surface area contributed by atoms with Crippen LogP contribution in [0.25, 0.3) is 0 Å². The summed E-state index contributed by atoms with van der Waals surface area (Å²) in [6.07, 6.45) is 1.44. The number of thioether (sulfide) groups is 1. The van der Waals surface area contributed by atoms with Crippen molar-refractivity contribution in [2.45, 2.75) is 23.0 Å². The van der Waals surface area contributed by atoms with Crippen molar-refractivity contribution in [3.8, 4) is 0 Å². The number of hydrogen-bond acceptors (Lipinski definition) is 6. The lowest BCUT2D eigenvalue weighted by molar-refractivity contribution is 0.100. The molecule has 1 aliphatic heterocycles. The minimum atomic E-state index is -3.55. The van der Waals surface area contributed by atoms with Crippen molar-refractivity contribution in [3.05, 3.63) is 24.3 Å². The second-order valence-corrected chi connectivity index (χ2v) is 8.40. The van der Waals surface area contributed by atoms with Crippen LogP contribution in [0, 0.1) is 0 Å². The first kappa shape index (κ1) is 19.0. The maximum atomic E-state index is 12.2. The third-order valence-electron chi connectivity index (χ3n) is 3.51. The van der Waals surface area contributed by atoms with E-state index in [1.807, 2.05) is 0 Å². The number of methoxy groups -OCH3 is 1. The highest BCUT2D eigenvalue weighted by atomic mass is 32.2. The van der Waals surface area contributed by atoms with Crippen molar-refractivity contribution < 1.29 is 22.7 Å². The minimum absolute atomic E-state index is 0.161. The highest BCUT2D eigenvalue weighted by molar-refractivity contribution is 8.00. The molecule has 0 bridgehead atoms. The molecule has 0 spiro atoms. The Morgan fingerprint density at radius 2 is 1.96 bits per heavy atom. The van der Waals surface area contributed by atoms with Crippen LogP contribution in [0.4, 0.5) is 10.5 Å². The van der Waals surface area contributed by atoms with Crippen LogP contribution in [0.2, 0.25) is 0 Å². The fourth-order valence-corrected chi connectivity index (χ4v) is 4.45. The summed E-state index contributed by atoms with van der Waals surface area (Å²) in [7, 11) is -2.29. The van der Waals surface area contributed by atoms with E-state index in [-0.39, 0.29) is 4.90 Å². The Morgan fingerprint density at radius 3 is 2.58 bits per heavy atom. The molecule has 1 aromatic rings. The average molecular weight is 374 g/mol. The molecule has 1 saturated heterocycles. The molecule has 0 atom stereocenters. The van der Waals surface area contributed by atoms with Crippen molar-refractivity contribution in [2.24, 2.45) is 0 Å². The molecule has 0 unspecified atom stereocenters. The molecule has 7 nitrogen and oxygen atoms in total. The summed E-state index contributed by atoms with van der Waals surface area (Å²) in [6.45, 7) is 1.96. The average Bonchev–Trinajstić information content (AvgIpc) is 2.60. The summed E-state index contributed by atoms with van der Waals surface area (Å²) in [5.74, 6) is 0.728. The van der Waals surface area contributed by atoms with Gasteiger partial charge in [-0.1, -0.05) is 0 Å². The van der Waals surface area contributed by atoms with Gasteiger partial charge < -0.3 is 9.47 Å². The molecule has 134 valence electrons. The molecule has 0 saturated carbocycles. The van der Waals surface area contributed by atoms with Crippen LogP contribution in [0.1, 0.15) is 12.8 Å². The highest BCUT2D eigenvalue weighted by Gasteiger charge is 2.16. The lowest BCUT2D eigenvalue weighted by Crippen LogP contribution is -2.27. The van der Waals surface area contributed by atoms with Crippen LogP contribution in [0.5, 0.6) is 0 Å². The van der Waals surface area contributed by atoms with Gasteiger partial charge in [-0.3, -0.25) is 5.32 Å². The van der Waals surface area contributed by atoms with Gasteiger partial charge in [-0.25, -0.2) is 17.9 Å². The number of nitrogens with one attached hydrogen (secondary N) is 2. The van der Waals surface area contributed by atoms with E-state index in [9.17, 15) is 13.2 Å². The van der Waals surface area contributed by atoms with E-state index in [2.05, 4.69) is 14.8 Å². The van der Waals surface area contributed by atoms with Gasteiger partial charge in [0.1, 0.15) is 0 Å². The molecule has 1 aliphatic rings. The third kappa shape index (κ3) is 5.97. The van der Waals surface area contributed by atoms with Gasteiger partial charge in [-0.15, -0.1) is 0 Å². The van der Waals surface area contributed by atoms with E-state index in [4.69, 9.17) is 4.74 Å². The zero-order valence-corrected chi connectivity index (χ0v) is 15.1. The Bertz CT molecular complexity index is 628. The highest BCUT2D eigenvalue weighted by Crippen LogP contribution is 2.21. The van der Waals surface area contributed by atoms with Crippen LogP contribution in [-0.2, 0) is 19.5 Å². The lowest BCUT2D eigenvalue weighted by atomic mass is 10.2. The Labute approximate surface area is 146 Å². The van der Waals surface area contributed by atoms with Crippen molar-refractivity contribution in [3.63, 3.8) is 0 Å². The molecular formula is C15H22N2O5S2. The number of rotatable bonds is 7. The molecular weight excluding hydrogens is 352 g/mol. The number of ether oxygens (including phenoxy) is 2. The van der Waals surface area contributed by atoms with Crippen LogP contribution >= 0.6 is 11.8 Å². The van der Waals surface area contributed by atoms with Gasteiger partial charge in [0.2, 0.25) is 10.0 Å². The van der Waals surface area contributed by atoms with Gasteiger partial charge in [0.25, 0.3) is 0 Å². The maximum absolute atomic E-state index is 12.2. The molecule has 24 heavy (non-hydrogen) atoms. The zero-order valence-electron chi connectivity index (χ0n) is 13.5. The molecule has 2 N–H and O–H groups in total. The van der Waals surface area contributed by atoms with E-state index >= 15 is 0 Å². The molecule has 1 aromatic carbocycles. The lowest BCUT2D eigenvalue weighted by Gasteiger charge is -2.21. The SMILES string of the molecule is COC(=O)Nc1ccc(S(=O)(=O)NCCSC2CCOCC2)cc1. The number of carbonyl (C=O) groups is 1. The Hall–Kier alpha value is -1.29. The summed E-state index contributed by atoms with van der Waals surface area (Å²) >= 11 is 1.78. The zero-order chi connectivity index (χ0) is 17.4.